The maximum Gasteiger partial charge on any atom is 0.246 e. The second kappa shape index (κ2) is 6.55. The highest BCUT2D eigenvalue weighted by molar-refractivity contribution is 5.93. The van der Waals surface area contributed by atoms with Gasteiger partial charge in [-0.1, -0.05) is 44.2 Å². The highest BCUT2D eigenvalue weighted by Crippen LogP contribution is 2.31. The number of ether oxygens (including phenoxy) is 1. The van der Waals surface area contributed by atoms with E-state index in [1.165, 1.54) is 0 Å². The molecule has 130 valence electrons. The van der Waals surface area contributed by atoms with E-state index >= 15 is 0 Å². The van der Waals surface area contributed by atoms with Crippen LogP contribution in [0.5, 0.6) is 5.75 Å². The lowest BCUT2D eigenvalue weighted by Gasteiger charge is -2.21. The zero-order valence-corrected chi connectivity index (χ0v) is 14.9. The van der Waals surface area contributed by atoms with Gasteiger partial charge in [0.25, 0.3) is 0 Å². The molecule has 0 radical (unpaired) electrons. The van der Waals surface area contributed by atoms with Gasteiger partial charge in [0.1, 0.15) is 17.8 Å². The topological polar surface area (TPSA) is 69.0 Å². The number of anilines is 1. The van der Waals surface area contributed by atoms with Gasteiger partial charge in [-0.25, -0.2) is 4.68 Å². The summed E-state index contributed by atoms with van der Waals surface area (Å²) < 4.78 is 6.96. The molecule has 3 rings (SSSR count). The molecule has 3 aromatic rings. The molecule has 1 amide bonds. The molecule has 0 spiro atoms. The van der Waals surface area contributed by atoms with Crippen molar-refractivity contribution in [3.05, 3.63) is 48.0 Å². The Balaban J connectivity index is 1.83. The van der Waals surface area contributed by atoms with Gasteiger partial charge in [0, 0.05) is 0 Å². The predicted molar refractivity (Wildman–Crippen MR) is 97.9 cm³/mol. The number of para-hydroxylation sites is 1. The molecule has 0 bridgehead atoms. The first-order chi connectivity index (χ1) is 11.9. The van der Waals surface area contributed by atoms with Crippen LogP contribution in [0.3, 0.4) is 0 Å². The molecular weight excluding hydrogens is 316 g/mol. The number of methoxy groups -OCH3 is 1. The third-order valence-corrected chi connectivity index (χ3v) is 4.05. The molecule has 25 heavy (non-hydrogen) atoms. The Morgan fingerprint density at radius 2 is 1.96 bits per heavy atom. The van der Waals surface area contributed by atoms with Gasteiger partial charge in [-0.2, -0.15) is 0 Å². The summed E-state index contributed by atoms with van der Waals surface area (Å²) in [7, 11) is 1.59. The lowest BCUT2D eigenvalue weighted by Crippen LogP contribution is -2.20. The standard InChI is InChI=1S/C19H22N4O2/c1-19(2,3)13-9-10-17(25-4)15(11-13)20-18(24)12-23-16-8-6-5-7-14(16)21-22-23/h5-11H,12H2,1-4H3,(H,20,24). The fraction of sp³-hybridized carbons (Fsp3) is 0.316. The zero-order chi connectivity index (χ0) is 18.0. The number of aromatic nitrogens is 3. The number of amides is 1. The maximum absolute atomic E-state index is 12.5. The number of rotatable bonds is 4. The van der Waals surface area contributed by atoms with Gasteiger partial charge in [-0.15, -0.1) is 5.10 Å². The first kappa shape index (κ1) is 17.0. The Kier molecular flexibility index (Phi) is 4.44. The summed E-state index contributed by atoms with van der Waals surface area (Å²) in [5, 5.41) is 11.0. The minimum Gasteiger partial charge on any atom is -0.495 e. The van der Waals surface area contributed by atoms with Crippen molar-refractivity contribution in [3.8, 4) is 5.75 Å². The summed E-state index contributed by atoms with van der Waals surface area (Å²) >= 11 is 0. The van der Waals surface area contributed by atoms with E-state index in [0.717, 1.165) is 16.6 Å². The summed E-state index contributed by atoms with van der Waals surface area (Å²) in [5.74, 6) is 0.449. The van der Waals surface area contributed by atoms with Crippen LogP contribution in [-0.2, 0) is 16.8 Å². The van der Waals surface area contributed by atoms with Crippen molar-refractivity contribution < 1.29 is 9.53 Å². The number of nitrogens with zero attached hydrogens (tertiary/aromatic N) is 3. The first-order valence-electron chi connectivity index (χ1n) is 8.15. The maximum atomic E-state index is 12.5. The fourth-order valence-electron chi connectivity index (χ4n) is 2.63. The normalized spacial score (nSPS) is 11.5. The molecule has 0 aliphatic rings. The lowest BCUT2D eigenvalue weighted by atomic mass is 9.87. The Bertz CT molecular complexity index is 909. The van der Waals surface area contributed by atoms with E-state index in [4.69, 9.17) is 4.74 Å². The number of carbonyl (C=O) groups is 1. The Labute approximate surface area is 146 Å². The average Bonchev–Trinajstić information content (AvgIpc) is 2.97. The molecule has 1 aromatic heterocycles. The molecule has 0 saturated carbocycles. The second-order valence-corrected chi connectivity index (χ2v) is 6.95. The molecule has 0 unspecified atom stereocenters. The zero-order valence-electron chi connectivity index (χ0n) is 14.9. The lowest BCUT2D eigenvalue weighted by molar-refractivity contribution is -0.116. The van der Waals surface area contributed by atoms with Gasteiger partial charge in [0.2, 0.25) is 5.91 Å². The molecular formula is C19H22N4O2. The molecule has 1 heterocycles. The highest BCUT2D eigenvalue weighted by Gasteiger charge is 2.17. The van der Waals surface area contributed by atoms with Crippen molar-refractivity contribution in [1.29, 1.82) is 0 Å². The summed E-state index contributed by atoms with van der Waals surface area (Å²) in [5.41, 5.74) is 3.35. The van der Waals surface area contributed by atoms with E-state index in [9.17, 15) is 4.79 Å². The van der Waals surface area contributed by atoms with Gasteiger partial charge in [-0.05, 0) is 35.2 Å². The van der Waals surface area contributed by atoms with Gasteiger partial charge >= 0.3 is 0 Å². The van der Waals surface area contributed by atoms with Crippen LogP contribution in [0.2, 0.25) is 0 Å². The number of hydrogen-bond acceptors (Lipinski definition) is 4. The van der Waals surface area contributed by atoms with Gasteiger partial charge in [-0.3, -0.25) is 4.79 Å². The molecule has 0 fully saturated rings. The van der Waals surface area contributed by atoms with Crippen LogP contribution in [0.15, 0.2) is 42.5 Å². The van der Waals surface area contributed by atoms with E-state index in [2.05, 4.69) is 36.4 Å². The van der Waals surface area contributed by atoms with Crippen LogP contribution in [0, 0.1) is 0 Å². The van der Waals surface area contributed by atoms with Crippen LogP contribution in [0.4, 0.5) is 5.69 Å². The quantitative estimate of drug-likeness (QED) is 0.792. The molecule has 6 heteroatoms. The number of benzene rings is 2. The van der Waals surface area contributed by atoms with Crippen molar-refractivity contribution in [3.63, 3.8) is 0 Å². The monoisotopic (exact) mass is 338 g/mol. The van der Waals surface area contributed by atoms with Crippen LogP contribution < -0.4 is 10.1 Å². The van der Waals surface area contributed by atoms with E-state index in [0.29, 0.717) is 11.4 Å². The Morgan fingerprint density at radius 3 is 2.68 bits per heavy atom. The van der Waals surface area contributed by atoms with Gasteiger partial charge in [0.05, 0.1) is 18.3 Å². The van der Waals surface area contributed by atoms with Crippen molar-refractivity contribution >= 4 is 22.6 Å². The van der Waals surface area contributed by atoms with Crippen molar-refractivity contribution in [2.75, 3.05) is 12.4 Å². The smallest absolute Gasteiger partial charge is 0.246 e. The van der Waals surface area contributed by atoms with Crippen molar-refractivity contribution in [2.45, 2.75) is 32.7 Å². The summed E-state index contributed by atoms with van der Waals surface area (Å²) in [4.78, 5) is 12.5. The van der Waals surface area contributed by atoms with Gasteiger partial charge < -0.3 is 10.1 Å². The predicted octanol–water partition coefficient (Wildman–Crippen LogP) is 3.38. The second-order valence-electron chi connectivity index (χ2n) is 6.95. The Hall–Kier alpha value is -2.89. The van der Waals surface area contributed by atoms with Crippen molar-refractivity contribution in [2.24, 2.45) is 0 Å². The van der Waals surface area contributed by atoms with E-state index in [1.54, 1.807) is 11.8 Å². The van der Waals surface area contributed by atoms with Crippen LogP contribution >= 0.6 is 0 Å². The summed E-state index contributed by atoms with van der Waals surface area (Å²) in [6.07, 6.45) is 0. The SMILES string of the molecule is COc1ccc(C(C)(C)C)cc1NC(=O)Cn1nnc2ccccc21. The van der Waals surface area contributed by atoms with Crippen LogP contribution in [-0.4, -0.2) is 28.0 Å². The van der Waals surface area contributed by atoms with Crippen LogP contribution in [0.1, 0.15) is 26.3 Å². The molecule has 0 atom stereocenters. The molecule has 1 N–H and O–H groups in total. The number of fused-ring (bicyclic) bond motifs is 1. The largest absolute Gasteiger partial charge is 0.495 e. The minimum absolute atomic E-state index is 0.0200. The number of nitrogens with one attached hydrogen (secondary N) is 1. The molecule has 2 aromatic carbocycles. The first-order valence-corrected chi connectivity index (χ1v) is 8.15. The number of hydrogen-bond donors (Lipinski definition) is 1. The highest BCUT2D eigenvalue weighted by atomic mass is 16.5. The molecule has 0 saturated heterocycles. The molecule has 0 aliphatic heterocycles. The van der Waals surface area contributed by atoms with E-state index in [-0.39, 0.29) is 17.9 Å². The third kappa shape index (κ3) is 3.63. The number of carbonyl (C=O) groups excluding carboxylic acids is 1. The van der Waals surface area contributed by atoms with E-state index < -0.39 is 0 Å². The fourth-order valence-corrected chi connectivity index (χ4v) is 2.63. The van der Waals surface area contributed by atoms with Gasteiger partial charge in [0.15, 0.2) is 0 Å². The average molecular weight is 338 g/mol. The van der Waals surface area contributed by atoms with Crippen molar-refractivity contribution in [1.82, 2.24) is 15.0 Å². The summed E-state index contributed by atoms with van der Waals surface area (Å²) in [6, 6.07) is 13.4. The minimum atomic E-state index is -0.181. The Morgan fingerprint density at radius 1 is 1.20 bits per heavy atom. The summed E-state index contributed by atoms with van der Waals surface area (Å²) in [6.45, 7) is 6.47. The van der Waals surface area contributed by atoms with E-state index in [1.807, 2.05) is 42.5 Å². The third-order valence-electron chi connectivity index (χ3n) is 4.05. The molecule has 6 nitrogen and oxygen atoms in total. The molecule has 0 aliphatic carbocycles. The van der Waals surface area contributed by atoms with Crippen LogP contribution in [0.25, 0.3) is 11.0 Å².